The molecule has 0 aliphatic carbocycles. The van der Waals surface area contributed by atoms with Crippen LogP contribution in [0.15, 0.2) is 62.1 Å². The highest BCUT2D eigenvalue weighted by Crippen LogP contribution is 2.52. The molecule has 0 radical (unpaired) electrons. The van der Waals surface area contributed by atoms with E-state index in [4.69, 9.17) is 0 Å². The van der Waals surface area contributed by atoms with Crippen molar-refractivity contribution in [1.82, 2.24) is 10.6 Å². The number of rotatable bonds is 4. The van der Waals surface area contributed by atoms with Crippen molar-refractivity contribution in [3.05, 3.63) is 52.5 Å². The van der Waals surface area contributed by atoms with Gasteiger partial charge in [-0.05, 0) is 58.7 Å². The Balaban J connectivity index is 2.01. The van der Waals surface area contributed by atoms with E-state index in [9.17, 15) is 13.2 Å². The number of hydrogen-bond acceptors (Lipinski definition) is 6. The van der Waals surface area contributed by atoms with E-state index in [0.29, 0.717) is 24.2 Å². The van der Waals surface area contributed by atoms with Crippen LogP contribution in [0.2, 0.25) is 0 Å². The lowest BCUT2D eigenvalue weighted by Crippen LogP contribution is -2.56. The minimum absolute atomic E-state index is 0.136. The van der Waals surface area contributed by atoms with Crippen molar-refractivity contribution >= 4 is 15.7 Å². The zero-order valence-electron chi connectivity index (χ0n) is 18.9. The van der Waals surface area contributed by atoms with Gasteiger partial charge in [0.2, 0.25) is 0 Å². The zero-order valence-corrected chi connectivity index (χ0v) is 19.7. The van der Waals surface area contributed by atoms with Crippen LogP contribution in [-0.4, -0.2) is 31.2 Å². The van der Waals surface area contributed by atoms with Gasteiger partial charge in [-0.1, -0.05) is 19.1 Å². The Bertz CT molecular complexity index is 1160. The molecule has 3 aliphatic rings. The molecule has 0 saturated heterocycles. The number of azo groups is 1. The van der Waals surface area contributed by atoms with Crippen LogP contribution in [0.5, 0.6) is 0 Å². The first kappa shape index (κ1) is 21.7. The number of dihydropyridines is 1. The lowest BCUT2D eigenvalue weighted by Gasteiger charge is -2.46. The van der Waals surface area contributed by atoms with Crippen molar-refractivity contribution < 1.29 is 13.2 Å². The summed E-state index contributed by atoms with van der Waals surface area (Å²) in [5.74, 6) is 0.541. The maximum Gasteiger partial charge on any atom is 0.250 e. The van der Waals surface area contributed by atoms with Gasteiger partial charge in [0.25, 0.3) is 5.91 Å². The maximum atomic E-state index is 13.5. The average Bonchev–Trinajstić information content (AvgIpc) is 3.06. The van der Waals surface area contributed by atoms with E-state index in [1.54, 1.807) is 32.0 Å². The number of carbonyl (C=O) groups is 1. The Morgan fingerprint density at radius 2 is 1.97 bits per heavy atom. The van der Waals surface area contributed by atoms with E-state index >= 15 is 0 Å². The summed E-state index contributed by atoms with van der Waals surface area (Å²) in [6.45, 7) is 11.3. The van der Waals surface area contributed by atoms with Crippen LogP contribution in [0, 0.1) is 0 Å². The molecule has 7 nitrogen and oxygen atoms in total. The molecule has 0 bridgehead atoms. The molecule has 1 unspecified atom stereocenters. The number of benzene rings is 1. The minimum atomic E-state index is -3.47. The number of sulfone groups is 1. The van der Waals surface area contributed by atoms with Gasteiger partial charge >= 0.3 is 0 Å². The Morgan fingerprint density at radius 1 is 1.26 bits per heavy atom. The van der Waals surface area contributed by atoms with E-state index in [2.05, 4.69) is 20.9 Å². The van der Waals surface area contributed by atoms with Crippen molar-refractivity contribution in [3.8, 4) is 0 Å². The van der Waals surface area contributed by atoms with Crippen molar-refractivity contribution in [2.24, 2.45) is 10.2 Å². The lowest BCUT2D eigenvalue weighted by atomic mass is 9.61. The second kappa shape index (κ2) is 7.02. The first-order chi connectivity index (χ1) is 14.4. The Kier molecular flexibility index (Phi) is 4.92. The van der Waals surface area contributed by atoms with Gasteiger partial charge in [-0.25, -0.2) is 8.42 Å². The summed E-state index contributed by atoms with van der Waals surface area (Å²) in [6, 6.07) is 6.83. The van der Waals surface area contributed by atoms with Gasteiger partial charge in [-0.15, -0.1) is 5.11 Å². The number of nitrogens with one attached hydrogen (secondary N) is 2. The Morgan fingerprint density at radius 3 is 2.61 bits per heavy atom. The predicted octanol–water partition coefficient (Wildman–Crippen LogP) is 3.74. The van der Waals surface area contributed by atoms with E-state index in [1.807, 2.05) is 33.8 Å². The van der Waals surface area contributed by atoms with Gasteiger partial charge in [-0.2, -0.15) is 5.11 Å². The quantitative estimate of drug-likeness (QED) is 0.742. The third-order valence-electron chi connectivity index (χ3n) is 6.57. The van der Waals surface area contributed by atoms with Crippen LogP contribution in [-0.2, 0) is 20.0 Å². The van der Waals surface area contributed by atoms with Gasteiger partial charge in [-0.3, -0.25) is 4.79 Å². The number of amides is 1. The largest absolute Gasteiger partial charge is 0.347 e. The van der Waals surface area contributed by atoms with Crippen LogP contribution >= 0.6 is 0 Å². The summed E-state index contributed by atoms with van der Waals surface area (Å²) in [7, 11) is -3.47. The molecular formula is C23H30N4O3S. The summed E-state index contributed by atoms with van der Waals surface area (Å²) in [4.78, 5) is 13.7. The molecule has 2 atom stereocenters. The van der Waals surface area contributed by atoms with Gasteiger partial charge < -0.3 is 10.6 Å². The minimum Gasteiger partial charge on any atom is -0.347 e. The smallest absolute Gasteiger partial charge is 0.250 e. The fraction of sp³-hybridized carbons (Fsp3) is 0.522. The molecule has 0 spiro atoms. The molecule has 8 heteroatoms. The summed E-state index contributed by atoms with van der Waals surface area (Å²) >= 11 is 0. The molecule has 31 heavy (non-hydrogen) atoms. The number of hydrogen-bond donors (Lipinski definition) is 2. The molecule has 0 fully saturated rings. The van der Waals surface area contributed by atoms with Gasteiger partial charge in [0, 0.05) is 23.2 Å². The molecule has 166 valence electrons. The van der Waals surface area contributed by atoms with Crippen molar-refractivity contribution in [2.75, 3.05) is 0 Å². The van der Waals surface area contributed by atoms with E-state index < -0.39 is 26.0 Å². The van der Waals surface area contributed by atoms with Crippen LogP contribution in [0.1, 0.15) is 59.9 Å². The standard InChI is InChI=1S/C23H30N4O3S/c1-7-23(15-9-8-10-16(11-15)31(29,30)13(2)3)18-14(4)26-27-20(18)24-17-12-22(5,6)25-21(28)19(17)23/h8-11,13-14,24H,7,12H2,1-6H3,(H,25,28)/t14?,23-/m1/s1. The van der Waals surface area contributed by atoms with Crippen LogP contribution in [0.4, 0.5) is 0 Å². The fourth-order valence-electron chi connectivity index (χ4n) is 5.10. The first-order valence-electron chi connectivity index (χ1n) is 10.8. The SMILES string of the molecule is CC[C@]1(c2cccc(S(=O)(=O)C(C)C)c2)C2=C(CC(C)(C)NC2=O)NC2=C1C(C)N=N2. The average molecular weight is 443 g/mol. The van der Waals surface area contributed by atoms with Crippen molar-refractivity contribution in [2.45, 2.75) is 81.5 Å². The molecule has 1 aromatic carbocycles. The molecule has 1 amide bonds. The predicted molar refractivity (Wildman–Crippen MR) is 119 cm³/mol. The number of nitrogens with zero attached hydrogens (tertiary/aromatic N) is 2. The van der Waals surface area contributed by atoms with Crippen LogP contribution < -0.4 is 10.6 Å². The highest BCUT2D eigenvalue weighted by Gasteiger charge is 2.53. The molecule has 3 heterocycles. The lowest BCUT2D eigenvalue weighted by molar-refractivity contribution is -0.120. The van der Waals surface area contributed by atoms with Gasteiger partial charge in [0.05, 0.1) is 27.2 Å². The van der Waals surface area contributed by atoms with E-state index in [0.717, 1.165) is 16.8 Å². The van der Waals surface area contributed by atoms with Gasteiger partial charge in [0.1, 0.15) is 0 Å². The summed E-state index contributed by atoms with van der Waals surface area (Å²) < 4.78 is 25.9. The van der Waals surface area contributed by atoms with Crippen molar-refractivity contribution in [3.63, 3.8) is 0 Å². The normalized spacial score (nSPS) is 27.2. The van der Waals surface area contributed by atoms with Crippen LogP contribution in [0.25, 0.3) is 0 Å². The van der Waals surface area contributed by atoms with E-state index in [1.165, 1.54) is 0 Å². The number of carbonyl (C=O) groups excluding carboxylic acids is 1. The summed E-state index contributed by atoms with van der Waals surface area (Å²) in [5, 5.41) is 14.7. The summed E-state index contributed by atoms with van der Waals surface area (Å²) in [6.07, 6.45) is 1.21. The molecule has 3 aliphatic heterocycles. The first-order valence-corrected chi connectivity index (χ1v) is 12.3. The third kappa shape index (κ3) is 3.14. The Hall–Kier alpha value is -2.48. The second-order valence-corrected chi connectivity index (χ2v) is 12.0. The van der Waals surface area contributed by atoms with Gasteiger partial charge in [0.15, 0.2) is 15.7 Å². The monoisotopic (exact) mass is 442 g/mol. The van der Waals surface area contributed by atoms with E-state index in [-0.39, 0.29) is 16.8 Å². The molecule has 0 saturated carbocycles. The molecule has 4 rings (SSSR count). The second-order valence-electron chi connectivity index (χ2n) is 9.53. The molecule has 1 aromatic rings. The van der Waals surface area contributed by atoms with Crippen LogP contribution in [0.3, 0.4) is 0 Å². The Labute approximate surface area is 184 Å². The topological polar surface area (TPSA) is 100.0 Å². The van der Waals surface area contributed by atoms with Crippen molar-refractivity contribution in [1.29, 1.82) is 0 Å². The molecule has 0 aromatic heterocycles. The maximum absolute atomic E-state index is 13.5. The third-order valence-corrected chi connectivity index (χ3v) is 8.72. The molecular weight excluding hydrogens is 412 g/mol. The highest BCUT2D eigenvalue weighted by molar-refractivity contribution is 7.92. The fourth-order valence-corrected chi connectivity index (χ4v) is 6.21. The summed E-state index contributed by atoms with van der Waals surface area (Å²) in [5.41, 5.74) is 1.98. The molecule has 2 N–H and O–H groups in total. The zero-order chi connectivity index (χ0) is 22.8. The highest BCUT2D eigenvalue weighted by atomic mass is 32.2.